The van der Waals surface area contributed by atoms with Crippen molar-refractivity contribution in [2.75, 3.05) is 6.61 Å². The van der Waals surface area contributed by atoms with E-state index in [9.17, 15) is 4.79 Å². The SMILES string of the molecule is CCC(=O)CC(C)C=CC(C)=CCO.C[SiH](C)OC(C)(C)C. The third kappa shape index (κ3) is 19.3. The van der Waals surface area contributed by atoms with Crippen LogP contribution in [0, 0.1) is 5.92 Å². The molecule has 0 bridgehead atoms. The van der Waals surface area contributed by atoms with E-state index < -0.39 is 9.04 Å². The van der Waals surface area contributed by atoms with E-state index in [1.807, 2.05) is 32.9 Å². The number of carbonyl (C=O) groups excluding carboxylic acids is 1. The summed E-state index contributed by atoms with van der Waals surface area (Å²) in [4.78, 5) is 11.1. The van der Waals surface area contributed by atoms with Gasteiger partial charge in [0.05, 0.1) is 6.61 Å². The molecule has 4 heteroatoms. The summed E-state index contributed by atoms with van der Waals surface area (Å²) in [6.07, 6.45) is 6.92. The number of aliphatic hydroxyl groups excluding tert-OH is 1. The Morgan fingerprint density at radius 3 is 2.18 bits per heavy atom. The van der Waals surface area contributed by atoms with Crippen molar-refractivity contribution >= 4 is 14.8 Å². The van der Waals surface area contributed by atoms with Crippen LogP contribution < -0.4 is 0 Å². The number of hydrogen-bond acceptors (Lipinski definition) is 3. The van der Waals surface area contributed by atoms with Crippen LogP contribution in [0.5, 0.6) is 0 Å². The molecular formula is C18H36O3Si. The molecule has 0 saturated heterocycles. The molecular weight excluding hydrogens is 292 g/mol. The first-order valence-electron chi connectivity index (χ1n) is 8.17. The average molecular weight is 329 g/mol. The maximum absolute atomic E-state index is 11.1. The van der Waals surface area contributed by atoms with Gasteiger partial charge in [0.2, 0.25) is 0 Å². The van der Waals surface area contributed by atoms with Gasteiger partial charge in [-0.3, -0.25) is 4.79 Å². The highest BCUT2D eigenvalue weighted by Gasteiger charge is 2.11. The zero-order chi connectivity index (χ0) is 17.8. The zero-order valence-electron chi connectivity index (χ0n) is 15.8. The maximum atomic E-state index is 11.1. The number of ketones is 1. The number of allylic oxidation sites excluding steroid dienone is 3. The Morgan fingerprint density at radius 1 is 1.32 bits per heavy atom. The highest BCUT2D eigenvalue weighted by Crippen LogP contribution is 2.08. The Hall–Kier alpha value is -0.713. The third-order valence-corrected chi connectivity index (χ3v) is 3.81. The van der Waals surface area contributed by atoms with Crippen LogP contribution >= 0.6 is 0 Å². The van der Waals surface area contributed by atoms with Gasteiger partial charge in [0, 0.05) is 18.4 Å². The summed E-state index contributed by atoms with van der Waals surface area (Å²) in [6.45, 7) is 16.6. The largest absolute Gasteiger partial charge is 0.416 e. The normalized spacial score (nSPS) is 14.0. The molecule has 0 spiro atoms. The molecule has 130 valence electrons. The smallest absolute Gasteiger partial charge is 0.171 e. The first-order chi connectivity index (χ1) is 10.0. The topological polar surface area (TPSA) is 46.5 Å². The Labute approximate surface area is 139 Å². The maximum Gasteiger partial charge on any atom is 0.171 e. The quantitative estimate of drug-likeness (QED) is 0.561. The summed E-state index contributed by atoms with van der Waals surface area (Å²) in [5.41, 5.74) is 1.11. The van der Waals surface area contributed by atoms with Gasteiger partial charge >= 0.3 is 0 Å². The summed E-state index contributed by atoms with van der Waals surface area (Å²) < 4.78 is 5.58. The lowest BCUT2D eigenvalue weighted by molar-refractivity contribution is -0.119. The van der Waals surface area contributed by atoms with Crippen molar-refractivity contribution in [3.63, 3.8) is 0 Å². The number of rotatable bonds is 7. The predicted molar refractivity (Wildman–Crippen MR) is 98.8 cm³/mol. The van der Waals surface area contributed by atoms with E-state index in [0.29, 0.717) is 18.6 Å². The molecule has 0 aromatic rings. The van der Waals surface area contributed by atoms with Crippen LogP contribution in [0.3, 0.4) is 0 Å². The minimum absolute atomic E-state index is 0.0679. The van der Waals surface area contributed by atoms with Gasteiger partial charge in [-0.05, 0) is 46.7 Å². The van der Waals surface area contributed by atoms with Crippen molar-refractivity contribution in [1.82, 2.24) is 0 Å². The molecule has 0 aliphatic rings. The van der Waals surface area contributed by atoms with E-state index in [-0.39, 0.29) is 18.1 Å². The fourth-order valence-electron chi connectivity index (χ4n) is 1.81. The molecule has 0 aromatic carbocycles. The Morgan fingerprint density at radius 2 is 1.86 bits per heavy atom. The number of Topliss-reactive ketones (excluding diaryl/α,β-unsaturated/α-hetero) is 1. The van der Waals surface area contributed by atoms with Crippen molar-refractivity contribution in [2.45, 2.75) is 73.1 Å². The van der Waals surface area contributed by atoms with Crippen LogP contribution in [0.25, 0.3) is 0 Å². The van der Waals surface area contributed by atoms with E-state index in [1.165, 1.54) is 0 Å². The number of aliphatic hydroxyl groups is 1. The molecule has 0 heterocycles. The number of hydrogen-bond donors (Lipinski definition) is 1. The van der Waals surface area contributed by atoms with Crippen molar-refractivity contribution in [3.05, 3.63) is 23.8 Å². The van der Waals surface area contributed by atoms with Gasteiger partial charge in [0.1, 0.15) is 5.78 Å². The van der Waals surface area contributed by atoms with Crippen molar-refractivity contribution in [1.29, 1.82) is 0 Å². The summed E-state index contributed by atoms with van der Waals surface area (Å²) in [5, 5.41) is 8.62. The van der Waals surface area contributed by atoms with Crippen LogP contribution in [0.1, 0.15) is 54.4 Å². The summed E-state index contributed by atoms with van der Waals surface area (Å²) >= 11 is 0. The van der Waals surface area contributed by atoms with Crippen LogP contribution in [-0.2, 0) is 9.22 Å². The molecule has 0 amide bonds. The summed E-state index contributed by atoms with van der Waals surface area (Å²) in [6, 6.07) is 0. The van der Waals surface area contributed by atoms with Crippen molar-refractivity contribution in [2.24, 2.45) is 5.92 Å². The fourth-order valence-corrected chi connectivity index (χ4v) is 3.22. The standard InChI is InChI=1S/C12H20O2.C6H16OSi/c1-4-12(14)9-11(3)6-5-10(2)7-8-13;1-6(2,3)7-8(4)5/h5-7,11,13H,4,8-9H2,1-3H3;8H,1-5H3. The molecule has 0 rings (SSSR count). The van der Waals surface area contributed by atoms with Gasteiger partial charge in [-0.2, -0.15) is 0 Å². The van der Waals surface area contributed by atoms with Gasteiger partial charge in [-0.25, -0.2) is 0 Å². The molecule has 1 unspecified atom stereocenters. The molecule has 0 aliphatic heterocycles. The van der Waals surface area contributed by atoms with Gasteiger partial charge in [0.25, 0.3) is 0 Å². The van der Waals surface area contributed by atoms with E-state index in [0.717, 1.165) is 5.57 Å². The lowest BCUT2D eigenvalue weighted by Gasteiger charge is -2.22. The second-order valence-electron chi connectivity index (χ2n) is 6.84. The molecule has 0 radical (unpaired) electrons. The lowest BCUT2D eigenvalue weighted by atomic mass is 10.0. The minimum atomic E-state index is -0.796. The zero-order valence-corrected chi connectivity index (χ0v) is 16.9. The molecule has 1 atom stereocenters. The highest BCUT2D eigenvalue weighted by molar-refractivity contribution is 6.48. The molecule has 22 heavy (non-hydrogen) atoms. The lowest BCUT2D eigenvalue weighted by Crippen LogP contribution is -2.25. The van der Waals surface area contributed by atoms with E-state index in [1.54, 1.807) is 6.08 Å². The first-order valence-corrected chi connectivity index (χ1v) is 10.9. The van der Waals surface area contributed by atoms with Crippen molar-refractivity contribution in [3.8, 4) is 0 Å². The van der Waals surface area contributed by atoms with Crippen LogP contribution in [0.4, 0.5) is 0 Å². The summed E-state index contributed by atoms with van der Waals surface area (Å²) in [5.74, 6) is 0.579. The molecule has 0 aliphatic carbocycles. The molecule has 0 saturated carbocycles. The monoisotopic (exact) mass is 328 g/mol. The van der Waals surface area contributed by atoms with Crippen LogP contribution in [0.15, 0.2) is 23.8 Å². The van der Waals surface area contributed by atoms with Gasteiger partial charge in [-0.1, -0.05) is 37.6 Å². The highest BCUT2D eigenvalue weighted by atomic mass is 28.3. The average Bonchev–Trinajstić information content (AvgIpc) is 2.34. The second-order valence-corrected chi connectivity index (χ2v) is 9.18. The Bertz CT molecular complexity index is 352. The van der Waals surface area contributed by atoms with E-state index in [2.05, 4.69) is 33.9 Å². The molecule has 0 aromatic heterocycles. The van der Waals surface area contributed by atoms with Crippen LogP contribution in [0.2, 0.25) is 13.1 Å². The Kier molecular flexibility index (Phi) is 13.7. The summed E-state index contributed by atoms with van der Waals surface area (Å²) in [7, 11) is -0.796. The first kappa shape index (κ1) is 23.6. The van der Waals surface area contributed by atoms with Crippen molar-refractivity contribution < 1.29 is 14.3 Å². The predicted octanol–water partition coefficient (Wildman–Crippen LogP) is 4.27. The molecule has 0 fully saturated rings. The third-order valence-electron chi connectivity index (χ3n) is 2.63. The molecule has 1 N–H and O–H groups in total. The van der Waals surface area contributed by atoms with Crippen LogP contribution in [-0.4, -0.2) is 32.1 Å². The van der Waals surface area contributed by atoms with Gasteiger partial charge in [0.15, 0.2) is 9.04 Å². The second kappa shape index (κ2) is 12.8. The van der Waals surface area contributed by atoms with Gasteiger partial charge in [-0.15, -0.1) is 0 Å². The minimum Gasteiger partial charge on any atom is -0.416 e. The molecule has 3 nitrogen and oxygen atoms in total. The fraction of sp³-hybridized carbons (Fsp3) is 0.722. The van der Waals surface area contributed by atoms with E-state index in [4.69, 9.17) is 9.53 Å². The Balaban J connectivity index is 0. The number of carbonyl (C=O) groups is 1. The van der Waals surface area contributed by atoms with Gasteiger partial charge < -0.3 is 9.53 Å². The van der Waals surface area contributed by atoms with E-state index >= 15 is 0 Å².